The lowest BCUT2D eigenvalue weighted by Gasteiger charge is -2.15. The van der Waals surface area contributed by atoms with Crippen LogP contribution in [0.5, 0.6) is 0 Å². The molecule has 1 aromatic carbocycles. The number of aromatic nitrogens is 2. The van der Waals surface area contributed by atoms with E-state index in [9.17, 15) is 27.2 Å². The van der Waals surface area contributed by atoms with E-state index in [4.69, 9.17) is 4.42 Å². The molecule has 0 radical (unpaired) electrons. The minimum absolute atomic E-state index is 0.119. The quantitative estimate of drug-likeness (QED) is 0.648. The Kier molecular flexibility index (Phi) is 5.53. The van der Waals surface area contributed by atoms with Gasteiger partial charge in [-0.1, -0.05) is 6.92 Å². The van der Waals surface area contributed by atoms with Gasteiger partial charge in [0.05, 0.1) is 24.3 Å². The predicted molar refractivity (Wildman–Crippen MR) is 95.4 cm³/mol. The molecule has 1 atom stereocenters. The van der Waals surface area contributed by atoms with Gasteiger partial charge in [0.2, 0.25) is 5.91 Å². The second kappa shape index (κ2) is 7.90. The summed E-state index contributed by atoms with van der Waals surface area (Å²) in [5, 5.41) is 6.43. The van der Waals surface area contributed by atoms with Crippen LogP contribution in [-0.2, 0) is 17.5 Å². The molecule has 3 aromatic rings. The summed E-state index contributed by atoms with van der Waals surface area (Å²) in [7, 11) is 0. The summed E-state index contributed by atoms with van der Waals surface area (Å²) >= 11 is 0. The van der Waals surface area contributed by atoms with E-state index in [1.54, 1.807) is 12.1 Å². The molecule has 0 aliphatic carbocycles. The SMILES string of the molecule is C[C@H](Cn1nc(-c2ccco2)ccc1=O)C(=O)Nc1ccc(F)c(C(F)(F)F)c1. The first-order valence-electron chi connectivity index (χ1n) is 8.45. The third kappa shape index (κ3) is 4.71. The number of benzene rings is 1. The van der Waals surface area contributed by atoms with Crippen LogP contribution in [0.2, 0.25) is 0 Å². The number of nitrogens with one attached hydrogen (secondary N) is 1. The Labute approximate surface area is 161 Å². The molecule has 2 heterocycles. The Balaban J connectivity index is 1.75. The Bertz CT molecular complexity index is 1080. The summed E-state index contributed by atoms with van der Waals surface area (Å²) in [5.74, 6) is -2.47. The molecule has 0 aliphatic heterocycles. The molecule has 0 fully saturated rings. The molecule has 6 nitrogen and oxygen atoms in total. The van der Waals surface area contributed by atoms with Crippen molar-refractivity contribution in [3.8, 4) is 11.5 Å². The molecule has 0 spiro atoms. The van der Waals surface area contributed by atoms with E-state index in [1.165, 1.54) is 25.3 Å². The molecule has 0 saturated heterocycles. The molecule has 3 rings (SSSR count). The number of nitrogens with zero attached hydrogens (tertiary/aromatic N) is 2. The topological polar surface area (TPSA) is 77.1 Å². The first-order chi connectivity index (χ1) is 13.6. The molecular formula is C19H15F4N3O3. The third-order valence-electron chi connectivity index (χ3n) is 4.07. The number of alkyl halides is 3. The predicted octanol–water partition coefficient (Wildman–Crippen LogP) is 3.94. The molecule has 0 unspecified atom stereocenters. The van der Waals surface area contributed by atoms with Gasteiger partial charge in [-0.3, -0.25) is 9.59 Å². The van der Waals surface area contributed by atoms with E-state index in [2.05, 4.69) is 10.4 Å². The highest BCUT2D eigenvalue weighted by Gasteiger charge is 2.34. The van der Waals surface area contributed by atoms with E-state index in [0.29, 0.717) is 23.6 Å². The van der Waals surface area contributed by atoms with Crippen molar-refractivity contribution < 1.29 is 26.8 Å². The van der Waals surface area contributed by atoms with E-state index >= 15 is 0 Å². The fourth-order valence-corrected chi connectivity index (χ4v) is 2.56. The molecule has 10 heteroatoms. The zero-order chi connectivity index (χ0) is 21.2. The van der Waals surface area contributed by atoms with Gasteiger partial charge in [-0.05, 0) is 36.4 Å². The Morgan fingerprint density at radius 1 is 1.24 bits per heavy atom. The number of carbonyl (C=O) groups excluding carboxylic acids is 1. The van der Waals surface area contributed by atoms with Gasteiger partial charge in [-0.2, -0.15) is 18.3 Å². The average Bonchev–Trinajstić information content (AvgIpc) is 3.18. The van der Waals surface area contributed by atoms with Crippen LogP contribution in [0, 0.1) is 11.7 Å². The van der Waals surface area contributed by atoms with Gasteiger partial charge in [-0.25, -0.2) is 9.07 Å². The minimum Gasteiger partial charge on any atom is -0.463 e. The number of furan rings is 1. The van der Waals surface area contributed by atoms with Crippen LogP contribution in [0.1, 0.15) is 12.5 Å². The van der Waals surface area contributed by atoms with Crippen molar-refractivity contribution in [1.29, 1.82) is 0 Å². The second-order valence-electron chi connectivity index (χ2n) is 6.30. The Morgan fingerprint density at radius 3 is 2.66 bits per heavy atom. The van der Waals surface area contributed by atoms with Crippen LogP contribution in [-0.4, -0.2) is 15.7 Å². The van der Waals surface area contributed by atoms with E-state index < -0.39 is 34.9 Å². The monoisotopic (exact) mass is 409 g/mol. The van der Waals surface area contributed by atoms with Gasteiger partial charge in [0.15, 0.2) is 5.76 Å². The zero-order valence-corrected chi connectivity index (χ0v) is 15.0. The second-order valence-corrected chi connectivity index (χ2v) is 6.30. The van der Waals surface area contributed by atoms with E-state index in [-0.39, 0.29) is 12.2 Å². The standard InChI is InChI=1S/C19H15F4N3O3/c1-11(10-26-17(27)7-6-15(25-26)16-3-2-8-29-16)18(28)24-12-4-5-14(20)13(9-12)19(21,22)23/h2-9,11H,10H2,1H3,(H,24,28)/t11-/m1/s1. The van der Waals surface area contributed by atoms with Gasteiger partial charge < -0.3 is 9.73 Å². The molecule has 0 aliphatic rings. The summed E-state index contributed by atoms with van der Waals surface area (Å²) in [6.07, 6.45) is -3.44. The first-order valence-corrected chi connectivity index (χ1v) is 8.45. The highest BCUT2D eigenvalue weighted by molar-refractivity contribution is 5.92. The van der Waals surface area contributed by atoms with Crippen LogP contribution >= 0.6 is 0 Å². The van der Waals surface area contributed by atoms with Crippen molar-refractivity contribution >= 4 is 11.6 Å². The van der Waals surface area contributed by atoms with Crippen molar-refractivity contribution in [3.05, 3.63) is 70.5 Å². The molecule has 2 aromatic heterocycles. The molecular weight excluding hydrogens is 394 g/mol. The lowest BCUT2D eigenvalue weighted by molar-refractivity contribution is -0.140. The lowest BCUT2D eigenvalue weighted by atomic mass is 10.1. The third-order valence-corrected chi connectivity index (χ3v) is 4.07. The summed E-state index contributed by atoms with van der Waals surface area (Å²) < 4.78 is 58.1. The van der Waals surface area contributed by atoms with Crippen LogP contribution in [0.25, 0.3) is 11.5 Å². The molecule has 1 amide bonds. The van der Waals surface area contributed by atoms with E-state index in [0.717, 1.165) is 10.7 Å². The Hall–Kier alpha value is -3.43. The molecule has 0 bridgehead atoms. The molecule has 152 valence electrons. The lowest BCUT2D eigenvalue weighted by Crippen LogP contribution is -2.31. The van der Waals surface area contributed by atoms with Crippen LogP contribution in [0.4, 0.5) is 23.2 Å². The van der Waals surface area contributed by atoms with Gasteiger partial charge >= 0.3 is 6.18 Å². The number of halogens is 4. The molecule has 29 heavy (non-hydrogen) atoms. The molecule has 0 saturated carbocycles. The summed E-state index contributed by atoms with van der Waals surface area (Å²) in [6, 6.07) is 8.21. The summed E-state index contributed by atoms with van der Waals surface area (Å²) in [5.41, 5.74) is -1.76. The number of amides is 1. The maximum Gasteiger partial charge on any atom is 0.419 e. The van der Waals surface area contributed by atoms with Gasteiger partial charge in [0.25, 0.3) is 5.56 Å². The summed E-state index contributed by atoms with van der Waals surface area (Å²) in [4.78, 5) is 24.4. The van der Waals surface area contributed by atoms with Crippen LogP contribution < -0.4 is 10.9 Å². The zero-order valence-electron chi connectivity index (χ0n) is 15.0. The smallest absolute Gasteiger partial charge is 0.419 e. The van der Waals surface area contributed by atoms with Gasteiger partial charge in [0, 0.05) is 11.8 Å². The van der Waals surface area contributed by atoms with Crippen molar-refractivity contribution in [2.45, 2.75) is 19.6 Å². The number of rotatable bonds is 5. The van der Waals surface area contributed by atoms with Crippen molar-refractivity contribution in [1.82, 2.24) is 9.78 Å². The largest absolute Gasteiger partial charge is 0.463 e. The van der Waals surface area contributed by atoms with E-state index in [1.807, 2.05) is 0 Å². The minimum atomic E-state index is -4.89. The summed E-state index contributed by atoms with van der Waals surface area (Å²) in [6.45, 7) is 1.36. The number of anilines is 1. The normalized spacial score (nSPS) is 12.6. The first kappa shape index (κ1) is 20.3. The number of carbonyl (C=O) groups is 1. The highest BCUT2D eigenvalue weighted by atomic mass is 19.4. The van der Waals surface area contributed by atoms with Crippen molar-refractivity contribution in [2.24, 2.45) is 5.92 Å². The molecule has 1 N–H and O–H groups in total. The van der Waals surface area contributed by atoms with Crippen LogP contribution in [0.15, 0.2) is 57.9 Å². The highest BCUT2D eigenvalue weighted by Crippen LogP contribution is 2.33. The average molecular weight is 409 g/mol. The van der Waals surface area contributed by atoms with Gasteiger partial charge in [-0.15, -0.1) is 0 Å². The fourth-order valence-electron chi connectivity index (χ4n) is 2.56. The number of hydrogen-bond donors (Lipinski definition) is 1. The van der Waals surface area contributed by atoms with Crippen molar-refractivity contribution in [2.75, 3.05) is 5.32 Å². The number of hydrogen-bond acceptors (Lipinski definition) is 4. The Morgan fingerprint density at radius 2 is 2.00 bits per heavy atom. The maximum absolute atomic E-state index is 13.4. The van der Waals surface area contributed by atoms with Crippen molar-refractivity contribution in [3.63, 3.8) is 0 Å². The van der Waals surface area contributed by atoms with Crippen LogP contribution in [0.3, 0.4) is 0 Å². The maximum atomic E-state index is 13.4. The van der Waals surface area contributed by atoms with Gasteiger partial charge in [0.1, 0.15) is 11.5 Å². The fraction of sp³-hybridized carbons (Fsp3) is 0.211.